The van der Waals surface area contributed by atoms with Crippen LogP contribution in [0.15, 0.2) is 12.1 Å². The Balaban J connectivity index is 2.01. The van der Waals surface area contributed by atoms with Crippen LogP contribution in [0.3, 0.4) is 0 Å². The highest BCUT2D eigenvalue weighted by atomic mass is 32.1. The first-order valence-corrected chi connectivity index (χ1v) is 7.78. The van der Waals surface area contributed by atoms with Gasteiger partial charge in [-0.3, -0.25) is 5.10 Å². The average molecular weight is 337 g/mol. The third-order valence-corrected chi connectivity index (χ3v) is 4.33. The summed E-state index contributed by atoms with van der Waals surface area (Å²) in [4.78, 5) is 4.43. The highest BCUT2D eigenvalue weighted by Gasteiger charge is 2.18. The summed E-state index contributed by atoms with van der Waals surface area (Å²) in [6.07, 6.45) is 0.592. The third kappa shape index (κ3) is 2.92. The van der Waals surface area contributed by atoms with Crippen LogP contribution in [0, 0.1) is 5.82 Å². The molecular weight excluding hydrogens is 321 g/mol. The van der Waals surface area contributed by atoms with Crippen molar-refractivity contribution < 1.29 is 14.2 Å². The van der Waals surface area contributed by atoms with E-state index in [2.05, 4.69) is 20.5 Å². The Bertz CT molecular complexity index is 832. The number of aromatic nitrogens is 3. The van der Waals surface area contributed by atoms with Gasteiger partial charge in [0.15, 0.2) is 17.4 Å². The van der Waals surface area contributed by atoms with Crippen molar-refractivity contribution in [2.75, 3.05) is 31.3 Å². The molecule has 0 unspecified atom stereocenters. The first-order valence-electron chi connectivity index (χ1n) is 6.97. The lowest BCUT2D eigenvalue weighted by Gasteiger charge is -2.03. The third-order valence-electron chi connectivity index (χ3n) is 3.30. The SMILES string of the molecule is COc1cc2sc(-c3c(NCCCO)n[nH]c3N)nc2cc1F. The fourth-order valence-corrected chi connectivity index (χ4v) is 3.21. The van der Waals surface area contributed by atoms with Gasteiger partial charge in [0.1, 0.15) is 10.8 Å². The number of H-pyrrole nitrogens is 1. The number of aromatic amines is 1. The fraction of sp³-hybridized carbons (Fsp3) is 0.286. The topological polar surface area (TPSA) is 109 Å². The molecule has 7 nitrogen and oxygen atoms in total. The van der Waals surface area contributed by atoms with Crippen molar-refractivity contribution in [1.82, 2.24) is 15.2 Å². The molecule has 0 fully saturated rings. The number of hydrogen-bond donors (Lipinski definition) is 4. The van der Waals surface area contributed by atoms with Crippen molar-refractivity contribution in [3.8, 4) is 16.3 Å². The van der Waals surface area contributed by atoms with E-state index in [-0.39, 0.29) is 12.4 Å². The monoisotopic (exact) mass is 337 g/mol. The van der Waals surface area contributed by atoms with Crippen LogP contribution in [0.1, 0.15) is 6.42 Å². The van der Waals surface area contributed by atoms with Crippen LogP contribution in [-0.2, 0) is 0 Å². The molecule has 0 atom stereocenters. The summed E-state index contributed by atoms with van der Waals surface area (Å²) in [6, 6.07) is 2.95. The smallest absolute Gasteiger partial charge is 0.167 e. The Morgan fingerprint density at radius 3 is 3.04 bits per heavy atom. The highest BCUT2D eigenvalue weighted by Crippen LogP contribution is 2.38. The number of nitrogens with one attached hydrogen (secondary N) is 2. The number of anilines is 2. The minimum Gasteiger partial charge on any atom is -0.494 e. The number of aliphatic hydroxyl groups is 1. The molecule has 0 amide bonds. The molecule has 0 aliphatic carbocycles. The van der Waals surface area contributed by atoms with Crippen LogP contribution in [0.2, 0.25) is 0 Å². The van der Waals surface area contributed by atoms with E-state index in [4.69, 9.17) is 15.6 Å². The molecule has 23 heavy (non-hydrogen) atoms. The summed E-state index contributed by atoms with van der Waals surface area (Å²) in [6.45, 7) is 0.642. The quantitative estimate of drug-likeness (QED) is 0.514. The number of fused-ring (bicyclic) bond motifs is 1. The van der Waals surface area contributed by atoms with Gasteiger partial charge in [0.2, 0.25) is 0 Å². The minimum absolute atomic E-state index is 0.0858. The van der Waals surface area contributed by atoms with E-state index in [1.807, 2.05) is 0 Å². The number of nitrogen functional groups attached to an aromatic ring is 1. The first kappa shape index (κ1) is 15.5. The van der Waals surface area contributed by atoms with Gasteiger partial charge in [-0.2, -0.15) is 5.10 Å². The van der Waals surface area contributed by atoms with E-state index >= 15 is 0 Å². The number of nitrogens with two attached hydrogens (primary N) is 1. The molecule has 0 spiro atoms. The van der Waals surface area contributed by atoms with Gasteiger partial charge in [-0.05, 0) is 6.42 Å². The average Bonchev–Trinajstić information content (AvgIpc) is 3.09. The number of methoxy groups -OCH3 is 1. The van der Waals surface area contributed by atoms with Crippen LogP contribution in [0.25, 0.3) is 20.8 Å². The number of halogens is 1. The van der Waals surface area contributed by atoms with Crippen LogP contribution in [0.4, 0.5) is 16.0 Å². The van der Waals surface area contributed by atoms with E-state index in [9.17, 15) is 4.39 Å². The summed E-state index contributed by atoms with van der Waals surface area (Å²) in [5.41, 5.74) is 7.12. The second-order valence-corrected chi connectivity index (χ2v) is 5.87. The normalized spacial score (nSPS) is 11.1. The lowest BCUT2D eigenvalue weighted by Crippen LogP contribution is -2.04. The van der Waals surface area contributed by atoms with E-state index in [1.54, 1.807) is 6.07 Å². The Morgan fingerprint density at radius 1 is 1.48 bits per heavy atom. The maximum absolute atomic E-state index is 13.8. The van der Waals surface area contributed by atoms with Gasteiger partial charge < -0.3 is 20.9 Å². The number of nitrogens with zero attached hydrogens (tertiary/aromatic N) is 2. The Morgan fingerprint density at radius 2 is 2.30 bits per heavy atom. The summed E-state index contributed by atoms with van der Waals surface area (Å²) in [5.74, 6) is 0.651. The zero-order chi connectivity index (χ0) is 16.4. The van der Waals surface area contributed by atoms with Crippen molar-refractivity contribution >= 4 is 33.2 Å². The number of ether oxygens (including phenoxy) is 1. The van der Waals surface area contributed by atoms with E-state index in [0.717, 1.165) is 4.70 Å². The summed E-state index contributed by atoms with van der Waals surface area (Å²) in [7, 11) is 1.42. The van der Waals surface area contributed by atoms with Gasteiger partial charge in [0, 0.05) is 25.3 Å². The van der Waals surface area contributed by atoms with E-state index < -0.39 is 5.82 Å². The van der Waals surface area contributed by atoms with Gasteiger partial charge in [-0.25, -0.2) is 9.37 Å². The predicted molar refractivity (Wildman–Crippen MR) is 88.3 cm³/mol. The van der Waals surface area contributed by atoms with Crippen molar-refractivity contribution in [2.24, 2.45) is 0 Å². The van der Waals surface area contributed by atoms with Crippen molar-refractivity contribution in [3.05, 3.63) is 17.9 Å². The number of thiazole rings is 1. The van der Waals surface area contributed by atoms with Gasteiger partial charge in [-0.1, -0.05) is 0 Å². The molecule has 122 valence electrons. The van der Waals surface area contributed by atoms with Crippen LogP contribution < -0.4 is 15.8 Å². The Labute approximate surface area is 135 Å². The molecule has 1 aromatic carbocycles. The number of hydrogen-bond acceptors (Lipinski definition) is 7. The predicted octanol–water partition coefficient (Wildman–Crippen LogP) is 2.21. The molecule has 9 heteroatoms. The molecule has 0 saturated heterocycles. The number of benzene rings is 1. The second kappa shape index (κ2) is 6.39. The lowest BCUT2D eigenvalue weighted by molar-refractivity contribution is 0.292. The molecule has 0 bridgehead atoms. The first-order chi connectivity index (χ1) is 11.1. The lowest BCUT2D eigenvalue weighted by atomic mass is 10.3. The molecule has 2 heterocycles. The molecular formula is C14H16FN5O2S. The maximum atomic E-state index is 13.8. The number of rotatable bonds is 6. The number of aliphatic hydroxyl groups excluding tert-OH is 1. The van der Waals surface area contributed by atoms with Crippen LogP contribution in [-0.4, -0.2) is 40.5 Å². The minimum atomic E-state index is -0.460. The van der Waals surface area contributed by atoms with E-state index in [1.165, 1.54) is 24.5 Å². The van der Waals surface area contributed by atoms with Crippen molar-refractivity contribution in [2.45, 2.75) is 6.42 Å². The van der Waals surface area contributed by atoms with Crippen molar-refractivity contribution in [3.63, 3.8) is 0 Å². The molecule has 2 aromatic heterocycles. The molecule has 0 radical (unpaired) electrons. The van der Waals surface area contributed by atoms with Crippen LogP contribution in [0.5, 0.6) is 5.75 Å². The van der Waals surface area contributed by atoms with Gasteiger partial charge in [-0.15, -0.1) is 11.3 Å². The largest absolute Gasteiger partial charge is 0.494 e. The van der Waals surface area contributed by atoms with Crippen LogP contribution >= 0.6 is 11.3 Å². The second-order valence-electron chi connectivity index (χ2n) is 4.84. The zero-order valence-corrected chi connectivity index (χ0v) is 13.2. The molecule has 0 aliphatic rings. The maximum Gasteiger partial charge on any atom is 0.167 e. The van der Waals surface area contributed by atoms with Gasteiger partial charge in [0.05, 0.1) is 22.9 Å². The summed E-state index contributed by atoms with van der Waals surface area (Å²) >= 11 is 1.37. The Kier molecular flexibility index (Phi) is 4.30. The van der Waals surface area contributed by atoms with Gasteiger partial charge >= 0.3 is 0 Å². The molecule has 0 saturated carbocycles. The summed E-state index contributed by atoms with van der Waals surface area (Å²) in [5, 5.41) is 19.4. The van der Waals surface area contributed by atoms with Crippen molar-refractivity contribution in [1.29, 1.82) is 0 Å². The molecule has 5 N–H and O–H groups in total. The summed E-state index contributed by atoms with van der Waals surface area (Å²) < 4.78 is 19.6. The molecule has 3 rings (SSSR count). The van der Waals surface area contributed by atoms with Gasteiger partial charge in [0.25, 0.3) is 0 Å². The Hall–Kier alpha value is -2.39. The standard InChI is InChI=1S/C14H16FN5O2S/c1-22-9-6-10-8(5-7(9)15)18-14(23-10)11-12(16)19-20-13(11)17-3-2-4-21/h5-6,21H,2-4H2,1H3,(H4,16,17,19,20). The zero-order valence-electron chi connectivity index (χ0n) is 12.4. The molecule has 0 aliphatic heterocycles. The fourth-order valence-electron chi connectivity index (χ4n) is 2.18. The van der Waals surface area contributed by atoms with E-state index in [0.29, 0.717) is 40.7 Å². The molecule has 3 aromatic rings. The highest BCUT2D eigenvalue weighted by molar-refractivity contribution is 7.21.